The molecule has 2 aromatic carbocycles. The Morgan fingerprint density at radius 2 is 1.84 bits per heavy atom. The van der Waals surface area contributed by atoms with E-state index >= 15 is 0 Å². The number of hydrogen-bond donors (Lipinski definition) is 0. The van der Waals surface area contributed by atoms with Gasteiger partial charge in [-0.3, -0.25) is 9.59 Å². The summed E-state index contributed by atoms with van der Waals surface area (Å²) in [4.78, 5) is 26.4. The van der Waals surface area contributed by atoms with Gasteiger partial charge in [-0.25, -0.2) is 4.90 Å². The lowest BCUT2D eigenvalue weighted by Gasteiger charge is -2.11. The normalized spacial score (nSPS) is 15.8. The third-order valence-corrected chi connectivity index (χ3v) is 4.46. The number of rotatable bonds is 5. The number of nitrogens with zero attached hydrogens (tertiary/aromatic N) is 1. The monoisotopic (exact) mass is 355 g/mol. The minimum Gasteiger partial charge on any atom is -0.493 e. The molecule has 0 N–H and O–H groups in total. The summed E-state index contributed by atoms with van der Waals surface area (Å²) < 4.78 is 10.8. The number of hydrogen-bond acceptors (Lipinski definition) is 5. The molecule has 128 valence electrons. The highest BCUT2D eigenvalue weighted by Crippen LogP contribution is 2.36. The zero-order valence-corrected chi connectivity index (χ0v) is 14.7. The fourth-order valence-electron chi connectivity index (χ4n) is 2.47. The van der Waals surface area contributed by atoms with Crippen LogP contribution in [0.25, 0.3) is 6.08 Å². The van der Waals surface area contributed by atoms with Gasteiger partial charge in [0.05, 0.1) is 24.3 Å². The van der Waals surface area contributed by atoms with Crippen LogP contribution in [-0.4, -0.2) is 24.9 Å². The maximum absolute atomic E-state index is 12.6. The fourth-order valence-corrected chi connectivity index (χ4v) is 3.31. The summed E-state index contributed by atoms with van der Waals surface area (Å²) in [5.74, 6) is 0.895. The first-order valence-corrected chi connectivity index (χ1v) is 8.59. The molecule has 2 amide bonds. The SMILES string of the molecule is CCOc1ccc(/C=C2\SC(=O)N(c3ccccc3)C2=O)cc1OC. The van der Waals surface area contributed by atoms with E-state index in [0.29, 0.717) is 28.7 Å². The molecule has 2 aromatic rings. The number of anilines is 1. The van der Waals surface area contributed by atoms with E-state index in [4.69, 9.17) is 9.47 Å². The molecule has 0 aliphatic carbocycles. The third kappa shape index (κ3) is 3.53. The molecule has 25 heavy (non-hydrogen) atoms. The maximum Gasteiger partial charge on any atom is 0.298 e. The van der Waals surface area contributed by atoms with Gasteiger partial charge in [0, 0.05) is 0 Å². The van der Waals surface area contributed by atoms with Crippen molar-refractivity contribution >= 4 is 34.7 Å². The Labute approximate surface area is 150 Å². The zero-order chi connectivity index (χ0) is 17.8. The molecule has 1 fully saturated rings. The van der Waals surface area contributed by atoms with E-state index in [1.165, 1.54) is 4.90 Å². The highest BCUT2D eigenvalue weighted by atomic mass is 32.2. The Hall–Kier alpha value is -2.73. The van der Waals surface area contributed by atoms with E-state index in [9.17, 15) is 9.59 Å². The van der Waals surface area contributed by atoms with Crippen LogP contribution in [0.2, 0.25) is 0 Å². The molecule has 0 radical (unpaired) electrons. The molecule has 1 aliphatic rings. The second-order valence-corrected chi connectivity index (χ2v) is 6.19. The molecule has 0 saturated carbocycles. The van der Waals surface area contributed by atoms with Crippen molar-refractivity contribution < 1.29 is 19.1 Å². The lowest BCUT2D eigenvalue weighted by atomic mass is 10.2. The Morgan fingerprint density at radius 1 is 1.08 bits per heavy atom. The van der Waals surface area contributed by atoms with Crippen LogP contribution in [0.3, 0.4) is 0 Å². The Kier molecular flexibility index (Phi) is 5.09. The van der Waals surface area contributed by atoms with Gasteiger partial charge < -0.3 is 9.47 Å². The number of carbonyl (C=O) groups excluding carboxylic acids is 2. The molecule has 0 unspecified atom stereocenters. The molecule has 0 spiro atoms. The van der Waals surface area contributed by atoms with Gasteiger partial charge in [-0.05, 0) is 54.6 Å². The predicted octanol–water partition coefficient (Wildman–Crippen LogP) is 4.33. The van der Waals surface area contributed by atoms with Crippen molar-refractivity contribution in [3.63, 3.8) is 0 Å². The summed E-state index contributed by atoms with van der Waals surface area (Å²) in [6.45, 7) is 2.43. The summed E-state index contributed by atoms with van der Waals surface area (Å²) in [6.07, 6.45) is 1.69. The fraction of sp³-hybridized carbons (Fsp3) is 0.158. The summed E-state index contributed by atoms with van der Waals surface area (Å²) >= 11 is 0.926. The van der Waals surface area contributed by atoms with Crippen LogP contribution in [0, 0.1) is 0 Å². The van der Waals surface area contributed by atoms with Crippen molar-refractivity contribution in [1.82, 2.24) is 0 Å². The van der Waals surface area contributed by atoms with Crippen molar-refractivity contribution in [3.8, 4) is 11.5 Å². The van der Waals surface area contributed by atoms with Gasteiger partial charge in [0.2, 0.25) is 0 Å². The van der Waals surface area contributed by atoms with Crippen LogP contribution < -0.4 is 14.4 Å². The highest BCUT2D eigenvalue weighted by Gasteiger charge is 2.36. The average Bonchev–Trinajstić information content (AvgIpc) is 2.90. The first-order chi connectivity index (χ1) is 12.1. The molecule has 1 aliphatic heterocycles. The van der Waals surface area contributed by atoms with Gasteiger partial charge in [0.25, 0.3) is 11.1 Å². The summed E-state index contributed by atoms with van der Waals surface area (Å²) in [5, 5.41) is -0.305. The molecule has 3 rings (SSSR count). The highest BCUT2D eigenvalue weighted by molar-refractivity contribution is 8.19. The summed E-state index contributed by atoms with van der Waals surface area (Å²) in [7, 11) is 1.56. The number of ether oxygens (including phenoxy) is 2. The second-order valence-electron chi connectivity index (χ2n) is 5.20. The van der Waals surface area contributed by atoms with Crippen molar-refractivity contribution in [3.05, 3.63) is 59.0 Å². The Bertz CT molecular complexity index is 833. The van der Waals surface area contributed by atoms with Gasteiger partial charge in [-0.2, -0.15) is 0 Å². The van der Waals surface area contributed by atoms with Gasteiger partial charge in [0.15, 0.2) is 11.5 Å². The second kappa shape index (κ2) is 7.44. The zero-order valence-electron chi connectivity index (χ0n) is 13.9. The minimum absolute atomic E-state index is 0.305. The van der Waals surface area contributed by atoms with Crippen molar-refractivity contribution in [1.29, 1.82) is 0 Å². The van der Waals surface area contributed by atoms with Crippen LogP contribution >= 0.6 is 11.8 Å². The number of methoxy groups -OCH3 is 1. The topological polar surface area (TPSA) is 55.8 Å². The molecule has 6 heteroatoms. The van der Waals surface area contributed by atoms with Gasteiger partial charge in [-0.1, -0.05) is 24.3 Å². The van der Waals surface area contributed by atoms with Crippen molar-refractivity contribution in [2.75, 3.05) is 18.6 Å². The quantitative estimate of drug-likeness (QED) is 0.747. The molecule has 0 bridgehead atoms. The Morgan fingerprint density at radius 3 is 2.52 bits per heavy atom. The number of amides is 2. The van der Waals surface area contributed by atoms with E-state index in [1.807, 2.05) is 19.1 Å². The van der Waals surface area contributed by atoms with E-state index in [2.05, 4.69) is 0 Å². The number of imide groups is 1. The van der Waals surface area contributed by atoms with Gasteiger partial charge in [-0.15, -0.1) is 0 Å². The van der Waals surface area contributed by atoms with E-state index in [1.54, 1.807) is 49.6 Å². The Balaban J connectivity index is 1.90. The van der Waals surface area contributed by atoms with Crippen LogP contribution in [-0.2, 0) is 4.79 Å². The molecule has 5 nitrogen and oxygen atoms in total. The first-order valence-electron chi connectivity index (χ1n) is 7.78. The van der Waals surface area contributed by atoms with Crippen LogP contribution in [0.5, 0.6) is 11.5 Å². The van der Waals surface area contributed by atoms with E-state index < -0.39 is 0 Å². The maximum atomic E-state index is 12.6. The van der Waals surface area contributed by atoms with Crippen molar-refractivity contribution in [2.45, 2.75) is 6.92 Å². The lowest BCUT2D eigenvalue weighted by molar-refractivity contribution is -0.113. The molecule has 1 saturated heterocycles. The standard InChI is InChI=1S/C19H17NO4S/c1-3-24-15-10-9-13(11-16(15)23-2)12-17-18(21)20(19(22)25-17)14-7-5-4-6-8-14/h4-12H,3H2,1-2H3/b17-12-. The smallest absolute Gasteiger partial charge is 0.298 e. The predicted molar refractivity (Wildman–Crippen MR) is 99.1 cm³/mol. The third-order valence-electron chi connectivity index (χ3n) is 3.59. The van der Waals surface area contributed by atoms with Crippen LogP contribution in [0.4, 0.5) is 10.5 Å². The van der Waals surface area contributed by atoms with Crippen molar-refractivity contribution in [2.24, 2.45) is 0 Å². The number of carbonyl (C=O) groups is 2. The van der Waals surface area contributed by atoms with Gasteiger partial charge >= 0.3 is 0 Å². The summed E-state index contributed by atoms with van der Waals surface area (Å²) in [6, 6.07) is 14.3. The minimum atomic E-state index is -0.325. The number of thioether (sulfide) groups is 1. The first kappa shape index (κ1) is 17.1. The van der Waals surface area contributed by atoms with Crippen LogP contribution in [0.1, 0.15) is 12.5 Å². The van der Waals surface area contributed by atoms with E-state index in [0.717, 1.165) is 17.3 Å². The molecule has 0 aromatic heterocycles. The summed E-state index contributed by atoms with van der Waals surface area (Å²) in [5.41, 5.74) is 1.33. The van der Waals surface area contributed by atoms with Crippen LogP contribution in [0.15, 0.2) is 53.4 Å². The molecular formula is C19H17NO4S. The van der Waals surface area contributed by atoms with E-state index in [-0.39, 0.29) is 11.1 Å². The molecule has 0 atom stereocenters. The molecule has 1 heterocycles. The molecular weight excluding hydrogens is 338 g/mol. The number of benzene rings is 2. The largest absolute Gasteiger partial charge is 0.493 e. The lowest BCUT2D eigenvalue weighted by Crippen LogP contribution is -2.27. The van der Waals surface area contributed by atoms with Gasteiger partial charge in [0.1, 0.15) is 0 Å². The number of para-hydroxylation sites is 1. The average molecular weight is 355 g/mol.